The predicted molar refractivity (Wildman–Crippen MR) is 213 cm³/mol. The topological polar surface area (TPSA) is 51.9 Å². The maximum atomic E-state index is 9.58. The van der Waals surface area contributed by atoms with Crippen LogP contribution >= 0.6 is 0 Å². The first-order valence-electron chi connectivity index (χ1n) is 17.2. The second kappa shape index (κ2) is 11.3. The van der Waals surface area contributed by atoms with Gasteiger partial charge in [0, 0.05) is 0 Å². The van der Waals surface area contributed by atoms with Crippen LogP contribution in [-0.4, -0.2) is 0 Å². The summed E-state index contributed by atoms with van der Waals surface area (Å²) in [6, 6.07) is 57.0. The third kappa shape index (κ3) is 4.23. The van der Waals surface area contributed by atoms with E-state index < -0.39 is 0 Å². The Bertz CT molecular complexity index is 3130. The highest BCUT2D eigenvalue weighted by atomic mass is 14.6. The van der Waals surface area contributed by atoms with E-state index in [0.29, 0.717) is 16.8 Å². The molecule has 1 aliphatic rings. The molecule has 3 heteroatoms. The van der Waals surface area contributed by atoms with Crippen molar-refractivity contribution in [2.24, 2.45) is 0 Å². The summed E-state index contributed by atoms with van der Waals surface area (Å²) in [5.74, 6) is 0. The highest BCUT2D eigenvalue weighted by Gasteiger charge is 2.26. The number of rotatable bonds is 3. The molecular formula is C49H25N3. The molecule has 0 unspecified atom stereocenters. The minimum atomic E-state index is 0.630. The van der Waals surface area contributed by atoms with E-state index in [0.717, 1.165) is 71.1 Å². The van der Waals surface area contributed by atoms with Crippen LogP contribution in [0.3, 0.4) is 0 Å². The molecule has 0 aliphatic heterocycles. The molecule has 236 valence electrons. The Labute approximate surface area is 300 Å². The number of benzene rings is 9. The fourth-order valence-electron chi connectivity index (χ4n) is 8.30. The summed E-state index contributed by atoms with van der Waals surface area (Å²) < 4.78 is 0. The van der Waals surface area contributed by atoms with Gasteiger partial charge in [0.05, 0.1) is 29.8 Å². The van der Waals surface area contributed by atoms with Crippen LogP contribution in [0.5, 0.6) is 0 Å². The van der Waals surface area contributed by atoms with Crippen molar-refractivity contribution in [3.05, 3.63) is 174 Å². The van der Waals surface area contributed by atoms with E-state index in [4.69, 9.17) is 6.57 Å². The number of nitriles is 2. The summed E-state index contributed by atoms with van der Waals surface area (Å²) in [7, 11) is 0. The monoisotopic (exact) mass is 655 g/mol. The highest BCUT2D eigenvalue weighted by molar-refractivity contribution is 6.27. The molecule has 52 heavy (non-hydrogen) atoms. The molecule has 0 fully saturated rings. The predicted octanol–water partition coefficient (Wildman–Crippen LogP) is 13.2. The Kier molecular flexibility index (Phi) is 6.37. The third-order valence-corrected chi connectivity index (χ3v) is 10.7. The molecule has 9 aromatic rings. The number of nitrogens with zero attached hydrogens (tertiary/aromatic N) is 3. The molecule has 0 heterocycles. The number of para-hydroxylation sites is 1. The summed E-state index contributed by atoms with van der Waals surface area (Å²) in [6.07, 6.45) is 0. The fourth-order valence-corrected chi connectivity index (χ4v) is 8.30. The molecule has 0 amide bonds. The first kappa shape index (κ1) is 29.4. The van der Waals surface area contributed by atoms with Crippen molar-refractivity contribution >= 4 is 48.8 Å². The molecule has 0 saturated carbocycles. The van der Waals surface area contributed by atoms with E-state index in [1.54, 1.807) is 0 Å². The van der Waals surface area contributed by atoms with Crippen LogP contribution in [0.4, 0.5) is 5.69 Å². The van der Waals surface area contributed by atoms with Crippen molar-refractivity contribution in [1.82, 2.24) is 0 Å². The van der Waals surface area contributed by atoms with E-state index in [2.05, 4.69) is 108 Å². The van der Waals surface area contributed by atoms with Crippen molar-refractivity contribution in [1.29, 1.82) is 10.5 Å². The van der Waals surface area contributed by atoms with E-state index in [1.165, 1.54) is 27.6 Å². The number of fused-ring (bicyclic) bond motifs is 8. The van der Waals surface area contributed by atoms with Gasteiger partial charge in [-0.1, -0.05) is 103 Å². The van der Waals surface area contributed by atoms with E-state index in [9.17, 15) is 10.5 Å². The summed E-state index contributed by atoms with van der Waals surface area (Å²) in [5.41, 5.74) is 13.0. The van der Waals surface area contributed by atoms with Crippen LogP contribution in [0.15, 0.2) is 152 Å². The zero-order valence-electron chi connectivity index (χ0n) is 27.8. The van der Waals surface area contributed by atoms with Crippen LogP contribution in [0.25, 0.3) is 104 Å². The summed E-state index contributed by atoms with van der Waals surface area (Å²) >= 11 is 0. The molecule has 0 spiro atoms. The Hall–Kier alpha value is -7.51. The average Bonchev–Trinajstić information content (AvgIpc) is 3.53. The molecule has 0 N–H and O–H groups in total. The molecule has 1 aliphatic carbocycles. The van der Waals surface area contributed by atoms with Gasteiger partial charge in [-0.3, -0.25) is 0 Å². The van der Waals surface area contributed by atoms with E-state index >= 15 is 0 Å². The quantitative estimate of drug-likeness (QED) is 0.140. The van der Waals surface area contributed by atoms with Crippen molar-refractivity contribution < 1.29 is 0 Å². The summed E-state index contributed by atoms with van der Waals surface area (Å²) in [5, 5.41) is 28.3. The normalized spacial score (nSPS) is 11.4. The lowest BCUT2D eigenvalue weighted by Crippen LogP contribution is -1.91. The molecule has 9 aromatic carbocycles. The van der Waals surface area contributed by atoms with Gasteiger partial charge in [-0.15, -0.1) is 0 Å². The number of hydrogen-bond donors (Lipinski definition) is 0. The zero-order chi connectivity index (χ0) is 34.9. The molecular weight excluding hydrogens is 631 g/mol. The average molecular weight is 656 g/mol. The maximum Gasteiger partial charge on any atom is 0.194 e. The molecule has 0 aromatic heterocycles. The molecule has 0 atom stereocenters. The Balaban J connectivity index is 1.32. The third-order valence-electron chi connectivity index (χ3n) is 10.7. The van der Waals surface area contributed by atoms with Gasteiger partial charge in [-0.2, -0.15) is 10.5 Å². The lowest BCUT2D eigenvalue weighted by molar-refractivity contribution is 1.48. The number of hydrogen-bond acceptors (Lipinski definition) is 2. The van der Waals surface area contributed by atoms with Crippen LogP contribution in [0, 0.1) is 29.2 Å². The molecule has 0 saturated heterocycles. The van der Waals surface area contributed by atoms with Crippen LogP contribution in [0.1, 0.15) is 11.1 Å². The van der Waals surface area contributed by atoms with E-state index in [-0.39, 0.29) is 0 Å². The smallest absolute Gasteiger partial charge is 0.194 e. The maximum absolute atomic E-state index is 9.58. The van der Waals surface area contributed by atoms with Crippen molar-refractivity contribution in [3.63, 3.8) is 0 Å². The van der Waals surface area contributed by atoms with E-state index in [1.807, 2.05) is 60.7 Å². The fraction of sp³-hybridized carbons (Fsp3) is 0. The van der Waals surface area contributed by atoms with Gasteiger partial charge in [0.2, 0.25) is 0 Å². The second-order valence-electron chi connectivity index (χ2n) is 13.3. The minimum absolute atomic E-state index is 0.630. The van der Waals surface area contributed by atoms with Crippen molar-refractivity contribution in [2.45, 2.75) is 0 Å². The lowest BCUT2D eigenvalue weighted by Gasteiger charge is -2.17. The van der Waals surface area contributed by atoms with Gasteiger partial charge < -0.3 is 0 Å². The molecule has 0 bridgehead atoms. The van der Waals surface area contributed by atoms with Gasteiger partial charge in [-0.05, 0) is 147 Å². The van der Waals surface area contributed by atoms with Gasteiger partial charge in [0.15, 0.2) is 5.69 Å². The first-order chi connectivity index (χ1) is 25.6. The van der Waals surface area contributed by atoms with Crippen LogP contribution < -0.4 is 0 Å². The first-order valence-corrected chi connectivity index (χ1v) is 17.2. The lowest BCUT2D eigenvalue weighted by atomic mass is 9.86. The Morgan fingerprint density at radius 3 is 1.52 bits per heavy atom. The molecule has 0 radical (unpaired) electrons. The standard InChI is InChI=1S/C49H25N3/c1-52-48-12-5-4-9-36(48)35-21-22-39-44-25-45-41(32-19-15-30(28-51)16-20-32)24-42-34-8-3-2-7-33(34)40(31-17-13-29(27-50)14-18-31)23-46(42)47(45)26-43(44)38-11-6-10-37(35)49(38)39/h2-26H. The van der Waals surface area contributed by atoms with Crippen LogP contribution in [0.2, 0.25) is 0 Å². The zero-order valence-corrected chi connectivity index (χ0v) is 27.8. The minimum Gasteiger partial charge on any atom is -0.238 e. The van der Waals surface area contributed by atoms with Gasteiger partial charge >= 0.3 is 0 Å². The van der Waals surface area contributed by atoms with Crippen molar-refractivity contribution in [3.8, 4) is 67.8 Å². The molecule has 10 rings (SSSR count). The van der Waals surface area contributed by atoms with Gasteiger partial charge in [0.1, 0.15) is 0 Å². The highest BCUT2D eigenvalue weighted by Crippen LogP contribution is 2.53. The second-order valence-corrected chi connectivity index (χ2v) is 13.3. The van der Waals surface area contributed by atoms with Crippen LogP contribution in [-0.2, 0) is 0 Å². The Morgan fingerprint density at radius 1 is 0.365 bits per heavy atom. The summed E-state index contributed by atoms with van der Waals surface area (Å²) in [4.78, 5) is 3.85. The largest absolute Gasteiger partial charge is 0.238 e. The van der Waals surface area contributed by atoms with Gasteiger partial charge in [-0.25, -0.2) is 4.85 Å². The van der Waals surface area contributed by atoms with Gasteiger partial charge in [0.25, 0.3) is 0 Å². The molecule has 3 nitrogen and oxygen atoms in total. The SMILES string of the molecule is [C-]#[N+]c1ccccc1-c1ccc2c3c(cccc13)-c1cc3c(cc1-2)c(-c1ccc(C#N)cc1)cc1c2ccccc2c(-c2ccc(C#N)cc2)cc31. The Morgan fingerprint density at radius 2 is 0.846 bits per heavy atom. The van der Waals surface area contributed by atoms with Crippen molar-refractivity contribution in [2.75, 3.05) is 0 Å². The summed E-state index contributed by atoms with van der Waals surface area (Å²) in [6.45, 7) is 7.84.